The Morgan fingerprint density at radius 3 is 2.62 bits per heavy atom. The smallest absolute Gasteiger partial charge is 0.244 e. The van der Waals surface area contributed by atoms with Crippen LogP contribution >= 0.6 is 0 Å². The minimum Gasteiger partial charge on any atom is -0.357 e. The van der Waals surface area contributed by atoms with Gasteiger partial charge in [-0.05, 0) is 31.7 Å². The Kier molecular flexibility index (Phi) is 5.72. The zero-order valence-corrected chi connectivity index (χ0v) is 14.6. The van der Waals surface area contributed by atoms with E-state index < -0.39 is 0 Å². The first-order valence-corrected chi connectivity index (χ1v) is 9.14. The summed E-state index contributed by atoms with van der Waals surface area (Å²) in [7, 11) is 0. The van der Waals surface area contributed by atoms with E-state index in [0.29, 0.717) is 5.92 Å². The molecule has 0 radical (unpaired) electrons. The lowest BCUT2D eigenvalue weighted by atomic mass is 9.99. The molecule has 0 bridgehead atoms. The number of carbonyl (C=O) groups excluding carboxylic acids is 1. The van der Waals surface area contributed by atoms with Gasteiger partial charge in [0.05, 0.1) is 0 Å². The van der Waals surface area contributed by atoms with Crippen molar-refractivity contribution < 1.29 is 4.79 Å². The van der Waals surface area contributed by atoms with Gasteiger partial charge in [0.25, 0.3) is 0 Å². The van der Waals surface area contributed by atoms with Gasteiger partial charge in [-0.15, -0.1) is 0 Å². The van der Waals surface area contributed by atoms with Crippen molar-refractivity contribution in [1.82, 2.24) is 15.1 Å². The van der Waals surface area contributed by atoms with E-state index in [1.807, 2.05) is 4.90 Å². The molecule has 130 valence electrons. The molecule has 24 heavy (non-hydrogen) atoms. The van der Waals surface area contributed by atoms with Crippen LogP contribution in [0.3, 0.4) is 0 Å². The van der Waals surface area contributed by atoms with Crippen molar-refractivity contribution in [3.05, 3.63) is 35.9 Å². The molecule has 5 heteroatoms. The lowest BCUT2D eigenvalue weighted by Gasteiger charge is -2.22. The quantitative estimate of drug-likeness (QED) is 0.680. The van der Waals surface area contributed by atoms with Crippen LogP contribution in [-0.2, 0) is 4.79 Å². The molecule has 1 atom stereocenters. The largest absolute Gasteiger partial charge is 0.357 e. The number of hydrogen-bond acceptors (Lipinski definition) is 2. The summed E-state index contributed by atoms with van der Waals surface area (Å²) in [5.74, 6) is 1.58. The fraction of sp³-hybridized carbons (Fsp3) is 0.579. The van der Waals surface area contributed by atoms with Crippen molar-refractivity contribution in [3.8, 4) is 0 Å². The third kappa shape index (κ3) is 4.08. The number of nitrogens with zero attached hydrogens (tertiary/aromatic N) is 3. The molecule has 1 unspecified atom stereocenters. The summed E-state index contributed by atoms with van der Waals surface area (Å²) in [6.45, 7) is 6.90. The zero-order valence-electron chi connectivity index (χ0n) is 14.6. The van der Waals surface area contributed by atoms with Gasteiger partial charge in [0.1, 0.15) is 6.54 Å². The van der Waals surface area contributed by atoms with Crippen molar-refractivity contribution in [2.24, 2.45) is 4.99 Å². The minimum atomic E-state index is 0.154. The zero-order chi connectivity index (χ0) is 16.8. The van der Waals surface area contributed by atoms with Crippen LogP contribution < -0.4 is 5.32 Å². The molecule has 0 spiro atoms. The predicted octanol–water partition coefficient (Wildman–Crippen LogP) is 2.06. The summed E-state index contributed by atoms with van der Waals surface area (Å²) in [6, 6.07) is 10.7. The molecule has 2 aliphatic heterocycles. The Hall–Kier alpha value is -2.04. The number of nitrogens with one attached hydrogen (secondary N) is 1. The van der Waals surface area contributed by atoms with Crippen LogP contribution in [0.15, 0.2) is 35.3 Å². The van der Waals surface area contributed by atoms with E-state index in [0.717, 1.165) is 57.9 Å². The van der Waals surface area contributed by atoms with Gasteiger partial charge in [-0.2, -0.15) is 0 Å². The standard InChI is InChI=1S/C19H28N4O/c1-2-20-19(21-14-18(24)22-11-6-7-12-22)23-13-10-17(15-23)16-8-4-3-5-9-16/h3-5,8-9,17H,2,6-7,10-15H2,1H3,(H,20,21). The SMILES string of the molecule is CCNC(=NCC(=O)N1CCCC1)N1CCC(c2ccccc2)C1. The number of hydrogen-bond donors (Lipinski definition) is 1. The molecule has 0 aliphatic carbocycles. The van der Waals surface area contributed by atoms with Crippen LogP contribution in [0.4, 0.5) is 0 Å². The first-order valence-electron chi connectivity index (χ1n) is 9.14. The second-order valence-electron chi connectivity index (χ2n) is 6.60. The van der Waals surface area contributed by atoms with E-state index in [1.54, 1.807) is 0 Å². The molecule has 1 aromatic carbocycles. The van der Waals surface area contributed by atoms with E-state index in [4.69, 9.17) is 0 Å². The molecule has 0 aromatic heterocycles. The Morgan fingerprint density at radius 2 is 1.92 bits per heavy atom. The minimum absolute atomic E-state index is 0.154. The number of rotatable bonds is 4. The second-order valence-corrected chi connectivity index (χ2v) is 6.60. The Bertz CT molecular complexity index is 566. The number of carbonyl (C=O) groups is 1. The highest BCUT2D eigenvalue weighted by Crippen LogP contribution is 2.26. The number of guanidine groups is 1. The number of amides is 1. The molecule has 1 N–H and O–H groups in total. The average molecular weight is 328 g/mol. The third-order valence-corrected chi connectivity index (χ3v) is 4.92. The first-order chi connectivity index (χ1) is 11.8. The normalized spacial score (nSPS) is 21.4. The average Bonchev–Trinajstić information content (AvgIpc) is 3.30. The maximum atomic E-state index is 12.2. The maximum absolute atomic E-state index is 12.2. The molecule has 3 rings (SSSR count). The van der Waals surface area contributed by atoms with Crippen LogP contribution in [0.5, 0.6) is 0 Å². The molecule has 1 aromatic rings. The van der Waals surface area contributed by atoms with Crippen molar-refractivity contribution in [2.45, 2.75) is 32.1 Å². The number of likely N-dealkylation sites (tertiary alicyclic amines) is 2. The van der Waals surface area contributed by atoms with Gasteiger partial charge in [-0.1, -0.05) is 30.3 Å². The fourth-order valence-corrected chi connectivity index (χ4v) is 3.58. The summed E-state index contributed by atoms with van der Waals surface area (Å²) in [4.78, 5) is 21.1. The van der Waals surface area contributed by atoms with Gasteiger partial charge < -0.3 is 15.1 Å². The summed E-state index contributed by atoms with van der Waals surface area (Å²) < 4.78 is 0. The lowest BCUT2D eigenvalue weighted by Crippen LogP contribution is -2.41. The van der Waals surface area contributed by atoms with Gasteiger partial charge >= 0.3 is 0 Å². The Labute approximate surface area is 144 Å². The van der Waals surface area contributed by atoms with Crippen molar-refractivity contribution >= 4 is 11.9 Å². The van der Waals surface area contributed by atoms with Gasteiger partial charge in [0, 0.05) is 38.6 Å². The maximum Gasteiger partial charge on any atom is 0.244 e. The number of benzene rings is 1. The Morgan fingerprint density at radius 1 is 1.17 bits per heavy atom. The topological polar surface area (TPSA) is 47.9 Å². The van der Waals surface area contributed by atoms with Crippen LogP contribution in [0, 0.1) is 0 Å². The third-order valence-electron chi connectivity index (χ3n) is 4.92. The van der Waals surface area contributed by atoms with Crippen LogP contribution in [-0.4, -0.2) is 60.9 Å². The van der Waals surface area contributed by atoms with E-state index in [-0.39, 0.29) is 12.5 Å². The molecule has 2 saturated heterocycles. The highest BCUT2D eigenvalue weighted by Gasteiger charge is 2.26. The van der Waals surface area contributed by atoms with Gasteiger partial charge in [0.15, 0.2) is 5.96 Å². The Balaban J connectivity index is 1.60. The molecule has 1 amide bonds. The highest BCUT2D eigenvalue weighted by molar-refractivity contribution is 5.85. The molecule has 0 saturated carbocycles. The van der Waals surface area contributed by atoms with Gasteiger partial charge in [-0.25, -0.2) is 4.99 Å². The van der Waals surface area contributed by atoms with Gasteiger partial charge in [-0.3, -0.25) is 4.79 Å². The van der Waals surface area contributed by atoms with Crippen LogP contribution in [0.25, 0.3) is 0 Å². The van der Waals surface area contributed by atoms with Gasteiger partial charge in [0.2, 0.25) is 5.91 Å². The van der Waals surface area contributed by atoms with Crippen molar-refractivity contribution in [1.29, 1.82) is 0 Å². The highest BCUT2D eigenvalue weighted by atomic mass is 16.2. The molecule has 2 heterocycles. The molecule has 2 aliphatic rings. The molecule has 5 nitrogen and oxygen atoms in total. The first kappa shape index (κ1) is 16.8. The van der Waals surface area contributed by atoms with E-state index in [1.165, 1.54) is 5.56 Å². The van der Waals surface area contributed by atoms with Crippen LogP contribution in [0.2, 0.25) is 0 Å². The monoisotopic (exact) mass is 328 g/mol. The van der Waals surface area contributed by atoms with Crippen LogP contribution in [0.1, 0.15) is 37.7 Å². The van der Waals surface area contributed by atoms with E-state index in [2.05, 4.69) is 52.5 Å². The van der Waals surface area contributed by atoms with E-state index in [9.17, 15) is 4.79 Å². The molecular weight excluding hydrogens is 300 g/mol. The summed E-state index contributed by atoms with van der Waals surface area (Å²) in [6.07, 6.45) is 3.38. The number of aliphatic imine (C=N–C) groups is 1. The summed E-state index contributed by atoms with van der Waals surface area (Å²) in [5, 5.41) is 3.35. The summed E-state index contributed by atoms with van der Waals surface area (Å²) in [5.41, 5.74) is 1.39. The second kappa shape index (κ2) is 8.18. The van der Waals surface area contributed by atoms with Crippen molar-refractivity contribution in [3.63, 3.8) is 0 Å². The molecule has 2 fully saturated rings. The van der Waals surface area contributed by atoms with Crippen molar-refractivity contribution in [2.75, 3.05) is 39.3 Å². The van der Waals surface area contributed by atoms with E-state index >= 15 is 0 Å². The fourth-order valence-electron chi connectivity index (χ4n) is 3.58. The predicted molar refractivity (Wildman–Crippen MR) is 97.2 cm³/mol. The summed E-state index contributed by atoms with van der Waals surface area (Å²) >= 11 is 0. The lowest BCUT2D eigenvalue weighted by molar-refractivity contribution is -0.128. The molecular formula is C19H28N4O.